The number of fused-ring (bicyclic) bond motifs is 4. The fraction of sp³-hybridized carbons (Fsp3) is 0.321. The van der Waals surface area contributed by atoms with Gasteiger partial charge in [0.25, 0.3) is 23.6 Å². The highest BCUT2D eigenvalue weighted by molar-refractivity contribution is 6.37. The fourth-order valence-corrected chi connectivity index (χ4v) is 21.0. The summed E-state index contributed by atoms with van der Waals surface area (Å²) in [4.78, 5) is 58.1. The number of likely N-dealkylation sites (tertiary alicyclic amines) is 1. The number of benzene rings is 9. The fourth-order valence-electron chi connectivity index (χ4n) is 19.0. The number of ether oxygens (including phenoxy) is 4. The lowest BCUT2D eigenvalue weighted by atomic mass is 9.91. The molecule has 3 saturated heterocycles. The van der Waals surface area contributed by atoms with Gasteiger partial charge in [0.05, 0.1) is 125 Å². The van der Waals surface area contributed by atoms with E-state index in [1.165, 1.54) is 48.5 Å². The Bertz CT molecular complexity index is 6710. The maximum atomic E-state index is 13.6. The number of nitrogens with zero attached hydrogens (tertiary/aromatic N) is 12. The molecule has 0 bridgehead atoms. The van der Waals surface area contributed by atoms with Crippen molar-refractivity contribution in [3.05, 3.63) is 359 Å². The molecule has 3 fully saturated rings. The van der Waals surface area contributed by atoms with Crippen molar-refractivity contribution < 1.29 is 55.7 Å². The van der Waals surface area contributed by atoms with Gasteiger partial charge in [-0.25, -0.2) is 46.3 Å². The van der Waals surface area contributed by atoms with Crippen LogP contribution in [-0.2, 0) is 64.6 Å². The van der Waals surface area contributed by atoms with E-state index in [2.05, 4.69) is 42.0 Å². The molecular formula is C106H103Cl8F4N15O8. The number of carbonyl (C=O) groups is 4. The minimum absolute atomic E-state index is 0.0620. The van der Waals surface area contributed by atoms with Crippen LogP contribution in [0.1, 0.15) is 204 Å². The third kappa shape index (κ3) is 24.2. The number of hydrazine groups is 2. The second-order valence-electron chi connectivity index (χ2n) is 36.2. The first kappa shape index (κ1) is 102. The Kier molecular flexibility index (Phi) is 33.4. The summed E-state index contributed by atoms with van der Waals surface area (Å²) in [6.45, 7) is 13.6. The largest absolute Gasteiger partial charge is 0.376 e. The Balaban J connectivity index is 0.000000130. The van der Waals surface area contributed by atoms with Crippen LogP contribution >= 0.6 is 92.8 Å². The van der Waals surface area contributed by atoms with Gasteiger partial charge in [-0.15, -0.1) is 0 Å². The first-order valence-electron chi connectivity index (χ1n) is 46.9. The van der Waals surface area contributed by atoms with E-state index in [1.807, 2.05) is 64.3 Å². The molecule has 0 saturated carbocycles. The van der Waals surface area contributed by atoms with E-state index >= 15 is 0 Å². The summed E-state index contributed by atoms with van der Waals surface area (Å²) >= 11 is 50.8. The molecule has 11 heterocycles. The predicted octanol–water partition coefficient (Wildman–Crippen LogP) is 23.2. The van der Waals surface area contributed by atoms with Crippen LogP contribution in [0.5, 0.6) is 0 Å². The zero-order valence-corrected chi connectivity index (χ0v) is 83.8. The van der Waals surface area contributed by atoms with E-state index in [0.717, 1.165) is 157 Å². The molecule has 20 rings (SSSR count). The molecule has 4 aromatic heterocycles. The van der Waals surface area contributed by atoms with Crippen LogP contribution in [0, 0.1) is 23.3 Å². The molecule has 7 aliphatic rings. The second-order valence-corrected chi connectivity index (χ2v) is 39.6. The summed E-state index contributed by atoms with van der Waals surface area (Å²) in [5.74, 6) is -2.37. The van der Waals surface area contributed by atoms with Gasteiger partial charge < -0.3 is 34.1 Å². The lowest BCUT2D eigenvalue weighted by molar-refractivity contribution is 0.0363. The standard InChI is InChI=1S/C28H24Cl2FN3O2.C27H27Cl2FN4O2.C26H26Cl2FN3O2.C25H26Cl2FN5O2/c1-17(19-5-3-2-4-6-19)32-28(35)26-23-16-36-15-20(13-18-7-10-22(31)11-8-18)27(23)34(33-26)25-12-9-21(29)14-24(25)30;1-16-4-3-5-17(2)33(16)32-27(35)25-22-15-36-14-19(12-18-6-9-21(30)10-7-18)26(22)34(31-25)24-11-8-20(28)13-23(24)29;27-19-7-10-23(22(28)14-19)32-25-18(13-17-5-8-20(29)9-6-17)15-34-16-21(25)24(30-32)26(33)31-11-3-1-2-4-12-31;1-31-8-10-32(11-9-31)30-25(34)23-20-15-35-14-17(12-16-2-5-19(28)6-3-16)24(20)33(29-23)22-7-4-18(26)13-21(22)27/h2-12,14,17,20H,13,15-16H2,1H3,(H,32,35);6-13,16-17H,3-5,14-15H2,1-2H3,(H,32,35);5-10,14,18H,1-4,11-13,15-16H2;2-7,13,17H,8-12,14-15H2,1H3,(H,30,34)/b;19-12+;;/t17-,20?;;;/m1.../s1. The zero-order chi connectivity index (χ0) is 98.8. The zero-order valence-electron chi connectivity index (χ0n) is 77.7. The number of rotatable bonds is 19. The number of piperidine rings is 1. The van der Waals surface area contributed by atoms with E-state index in [1.54, 1.807) is 134 Å². The van der Waals surface area contributed by atoms with Crippen molar-refractivity contribution in [3.63, 3.8) is 0 Å². The van der Waals surface area contributed by atoms with Crippen LogP contribution in [-0.4, -0.2) is 167 Å². The highest BCUT2D eigenvalue weighted by atomic mass is 35.5. The second kappa shape index (κ2) is 46.3. The number of halogens is 12. The summed E-state index contributed by atoms with van der Waals surface area (Å²) < 4.78 is 84.5. The number of nitrogens with one attached hydrogen (secondary N) is 3. The Hall–Kier alpha value is -10.8. The minimum Gasteiger partial charge on any atom is -0.376 e. The summed E-state index contributed by atoms with van der Waals surface area (Å²) in [6.07, 6.45) is 11.2. The van der Waals surface area contributed by atoms with E-state index in [0.29, 0.717) is 138 Å². The van der Waals surface area contributed by atoms with Crippen molar-refractivity contribution in [2.75, 3.05) is 72.7 Å². The quantitative estimate of drug-likeness (QED) is 0.0640. The Morgan fingerprint density at radius 3 is 1.22 bits per heavy atom. The van der Waals surface area contributed by atoms with Crippen LogP contribution < -0.4 is 16.2 Å². The van der Waals surface area contributed by atoms with E-state index in [4.69, 9.17) is 132 Å². The maximum absolute atomic E-state index is 13.6. The SMILES string of the molecule is CC1CCCC(C)N1NC(=O)c1nn(-c2ccc(Cl)cc2Cl)c2c1COC/C2=C\c1ccc(F)cc1.CN1CCN(NC(=O)c2nn(-c3ccc(Cl)cc3Cl)c3c2COCC3Cc2ccc(F)cc2)CC1.C[C@@H](NC(=O)c1nn(-c2ccc(Cl)cc2Cl)c2c1COCC2Cc1ccc(F)cc1)c1ccccc1.O=C(c1nn(-c2ccc(Cl)cc2Cl)c2c1COCC2Cc1ccc(F)cc1)N1CCCCCC1. The molecule has 7 aliphatic heterocycles. The minimum atomic E-state index is -0.309. The van der Waals surface area contributed by atoms with Gasteiger partial charge in [-0.2, -0.15) is 20.4 Å². The molecule has 141 heavy (non-hydrogen) atoms. The third-order valence-electron chi connectivity index (χ3n) is 26.2. The van der Waals surface area contributed by atoms with Crippen molar-refractivity contribution in [2.24, 2.45) is 0 Å². The molecule has 35 heteroatoms. The Morgan fingerprint density at radius 2 is 0.787 bits per heavy atom. The smallest absolute Gasteiger partial charge is 0.286 e. The molecule has 9 aromatic carbocycles. The molecule has 0 spiro atoms. The summed E-state index contributed by atoms with van der Waals surface area (Å²) in [6, 6.07) is 56.3. The molecule has 6 atom stereocenters. The van der Waals surface area contributed by atoms with E-state index in [9.17, 15) is 36.7 Å². The predicted molar refractivity (Wildman–Crippen MR) is 541 cm³/mol. The summed E-state index contributed by atoms with van der Waals surface area (Å²) in [5.41, 5.74) is 21.8. The number of likely N-dealkylation sites (N-methyl/N-ethyl adjacent to an activating group) is 1. The highest BCUT2D eigenvalue weighted by Gasteiger charge is 2.40. The monoisotopic (exact) mass is 2070 g/mol. The molecular weight excluding hydrogens is 1970 g/mol. The number of carbonyl (C=O) groups excluding carboxylic acids is 4. The van der Waals surface area contributed by atoms with E-state index in [-0.39, 0.29) is 108 Å². The van der Waals surface area contributed by atoms with Gasteiger partial charge in [0.15, 0.2) is 22.8 Å². The molecule has 5 unspecified atom stereocenters. The highest BCUT2D eigenvalue weighted by Crippen LogP contribution is 2.43. The van der Waals surface area contributed by atoms with Crippen LogP contribution in [0.15, 0.2) is 200 Å². The van der Waals surface area contributed by atoms with Gasteiger partial charge in [0.1, 0.15) is 23.3 Å². The molecule has 0 radical (unpaired) electrons. The number of amides is 4. The number of aromatic nitrogens is 8. The molecule has 4 amide bonds. The molecule has 3 N–H and O–H groups in total. The molecule has 734 valence electrons. The van der Waals surface area contributed by atoms with Crippen molar-refractivity contribution in [3.8, 4) is 22.7 Å². The first-order chi connectivity index (χ1) is 68.1. The average Bonchev–Trinajstić information content (AvgIpc) is 1.62. The van der Waals surface area contributed by atoms with Gasteiger partial charge in [-0.05, 0) is 228 Å². The third-order valence-corrected chi connectivity index (χ3v) is 28.4. The number of hydrogen-bond acceptors (Lipinski definition) is 15. The van der Waals surface area contributed by atoms with Crippen molar-refractivity contribution in [1.29, 1.82) is 0 Å². The Morgan fingerprint density at radius 1 is 0.411 bits per heavy atom. The Labute approximate surface area is 854 Å². The van der Waals surface area contributed by atoms with Crippen molar-refractivity contribution in [2.45, 2.75) is 147 Å². The van der Waals surface area contributed by atoms with Crippen LogP contribution in [0.25, 0.3) is 34.4 Å². The maximum Gasteiger partial charge on any atom is 0.286 e. The average molecular weight is 2070 g/mol. The molecule has 0 aliphatic carbocycles. The lowest BCUT2D eigenvalue weighted by Crippen LogP contribution is -2.54. The number of piperazine rings is 1. The van der Waals surface area contributed by atoms with Gasteiger partial charge in [-0.1, -0.05) is 191 Å². The van der Waals surface area contributed by atoms with Crippen molar-refractivity contribution in [1.82, 2.24) is 75.1 Å². The van der Waals surface area contributed by atoms with Crippen LogP contribution in [0.4, 0.5) is 17.6 Å². The topological polar surface area (TPSA) is 226 Å². The van der Waals surface area contributed by atoms with Crippen molar-refractivity contribution >= 4 is 128 Å². The molecule has 13 aromatic rings. The van der Waals surface area contributed by atoms with Gasteiger partial charge >= 0.3 is 0 Å². The molecule has 23 nitrogen and oxygen atoms in total. The van der Waals surface area contributed by atoms with Gasteiger partial charge in [-0.3, -0.25) is 30.0 Å². The lowest BCUT2D eigenvalue weighted by Gasteiger charge is -2.38. The van der Waals surface area contributed by atoms with Gasteiger partial charge in [0.2, 0.25) is 0 Å². The van der Waals surface area contributed by atoms with Crippen LogP contribution in [0.3, 0.4) is 0 Å². The number of hydrogen-bond donors (Lipinski definition) is 3. The summed E-state index contributed by atoms with van der Waals surface area (Å²) in [7, 11) is 2.06. The normalized spacial score (nSPS) is 18.7. The van der Waals surface area contributed by atoms with Gasteiger partial charge in [0, 0.05) is 117 Å². The van der Waals surface area contributed by atoms with E-state index < -0.39 is 0 Å². The first-order valence-corrected chi connectivity index (χ1v) is 49.9. The summed E-state index contributed by atoms with van der Waals surface area (Å²) in [5, 5.41) is 29.8. The van der Waals surface area contributed by atoms with Crippen LogP contribution in [0.2, 0.25) is 40.2 Å².